The highest BCUT2D eigenvalue weighted by atomic mass is 16.5. The van der Waals surface area contributed by atoms with Crippen LogP contribution < -0.4 is 5.32 Å². The van der Waals surface area contributed by atoms with Gasteiger partial charge in [0.2, 0.25) is 0 Å². The zero-order valence-corrected chi connectivity index (χ0v) is 15.7. The van der Waals surface area contributed by atoms with Gasteiger partial charge in [-0.25, -0.2) is 19.3 Å². The highest BCUT2D eigenvalue weighted by Crippen LogP contribution is 2.44. The number of hydrogen-bond acceptors (Lipinski definition) is 5. The first-order chi connectivity index (χ1) is 14.1. The highest BCUT2D eigenvalue weighted by molar-refractivity contribution is 5.81. The number of carbonyl (C=O) groups is 2. The van der Waals surface area contributed by atoms with Crippen LogP contribution >= 0.6 is 0 Å². The number of alkyl carbamates (subject to hydrolysis) is 1. The Morgan fingerprint density at radius 3 is 2.31 bits per heavy atom. The lowest BCUT2D eigenvalue weighted by Crippen LogP contribution is -2.46. The summed E-state index contributed by atoms with van der Waals surface area (Å²) < 4.78 is 6.81. The molecule has 0 spiro atoms. The number of rotatable bonds is 6. The van der Waals surface area contributed by atoms with Crippen LogP contribution in [0.2, 0.25) is 0 Å². The molecule has 8 heteroatoms. The fraction of sp³-hybridized carbons (Fsp3) is 0.238. The first-order valence-corrected chi connectivity index (χ1v) is 9.24. The molecule has 2 aromatic carbocycles. The molecule has 1 aliphatic carbocycles. The van der Waals surface area contributed by atoms with E-state index in [-0.39, 0.29) is 12.5 Å². The minimum absolute atomic E-state index is 0.0934. The van der Waals surface area contributed by atoms with Gasteiger partial charge in [0.1, 0.15) is 19.3 Å². The van der Waals surface area contributed by atoms with E-state index in [2.05, 4.69) is 27.5 Å². The van der Waals surface area contributed by atoms with Gasteiger partial charge in [0, 0.05) is 5.92 Å². The van der Waals surface area contributed by atoms with Gasteiger partial charge in [-0.2, -0.15) is 5.10 Å². The second-order valence-corrected chi connectivity index (χ2v) is 6.90. The summed E-state index contributed by atoms with van der Waals surface area (Å²) in [5.74, 6) is -1.27. The number of carboxylic acids is 1. The van der Waals surface area contributed by atoms with Crippen LogP contribution in [0.4, 0.5) is 4.79 Å². The van der Waals surface area contributed by atoms with Crippen LogP contribution in [-0.4, -0.2) is 44.6 Å². The normalized spacial score (nSPS) is 14.5. The Balaban J connectivity index is 1.46. The fourth-order valence-corrected chi connectivity index (χ4v) is 3.74. The van der Waals surface area contributed by atoms with E-state index in [0.29, 0.717) is 0 Å². The first kappa shape index (κ1) is 18.7. The lowest BCUT2D eigenvalue weighted by atomic mass is 9.98. The maximum atomic E-state index is 12.4. The molecule has 0 aliphatic heterocycles. The van der Waals surface area contributed by atoms with Gasteiger partial charge in [-0.05, 0) is 29.2 Å². The molecule has 148 valence electrons. The van der Waals surface area contributed by atoms with Gasteiger partial charge in [-0.3, -0.25) is 0 Å². The molecule has 0 fully saturated rings. The van der Waals surface area contributed by atoms with Crippen LogP contribution in [0, 0.1) is 0 Å². The van der Waals surface area contributed by atoms with Gasteiger partial charge in [0.05, 0.1) is 6.04 Å². The summed E-state index contributed by atoms with van der Waals surface area (Å²) in [4.78, 5) is 27.8. The van der Waals surface area contributed by atoms with Gasteiger partial charge >= 0.3 is 12.1 Å². The maximum Gasteiger partial charge on any atom is 0.407 e. The topological polar surface area (TPSA) is 106 Å². The molecule has 0 saturated heterocycles. The summed E-state index contributed by atoms with van der Waals surface area (Å²) in [5.41, 5.74) is 4.43. The molecule has 2 unspecified atom stereocenters. The standard InChI is InChI=1S/C21H20N4O4/c1-13(25-12-22-11-23-25)19(20(26)27)24-21(28)29-10-18-16-8-4-2-6-14(16)15-7-3-5-9-17(15)18/h2-9,11-13,18-19H,10H2,1H3,(H,24,28)(H,26,27). The number of ether oxygens (including phenoxy) is 1. The molecule has 1 heterocycles. The van der Waals surface area contributed by atoms with Gasteiger partial charge in [-0.15, -0.1) is 0 Å². The zero-order valence-electron chi connectivity index (χ0n) is 15.7. The van der Waals surface area contributed by atoms with E-state index in [1.165, 1.54) is 17.3 Å². The number of carbonyl (C=O) groups excluding carboxylic acids is 1. The molecular weight excluding hydrogens is 372 g/mol. The van der Waals surface area contributed by atoms with Crippen molar-refractivity contribution >= 4 is 12.1 Å². The molecular formula is C21H20N4O4. The van der Waals surface area contributed by atoms with Crippen LogP contribution in [0.5, 0.6) is 0 Å². The summed E-state index contributed by atoms with van der Waals surface area (Å²) in [5, 5.41) is 15.9. The van der Waals surface area contributed by atoms with Crippen molar-refractivity contribution in [1.29, 1.82) is 0 Å². The van der Waals surface area contributed by atoms with E-state index in [0.717, 1.165) is 22.3 Å². The third kappa shape index (κ3) is 3.56. The molecule has 29 heavy (non-hydrogen) atoms. The number of carboxylic acid groups (broad SMARTS) is 1. The quantitative estimate of drug-likeness (QED) is 0.668. The molecule has 3 aromatic rings. The second kappa shape index (κ2) is 7.75. The Bertz CT molecular complexity index is 989. The minimum Gasteiger partial charge on any atom is -0.480 e. The molecule has 1 amide bonds. The van der Waals surface area contributed by atoms with Crippen LogP contribution in [-0.2, 0) is 9.53 Å². The molecule has 0 saturated carbocycles. The molecule has 2 atom stereocenters. The number of benzene rings is 2. The van der Waals surface area contributed by atoms with Crippen LogP contribution in [0.3, 0.4) is 0 Å². The molecule has 0 bridgehead atoms. The molecule has 4 rings (SSSR count). The van der Waals surface area contributed by atoms with Gasteiger partial charge in [0.15, 0.2) is 6.04 Å². The number of nitrogens with zero attached hydrogens (tertiary/aromatic N) is 3. The molecule has 1 aliphatic rings. The molecule has 1 aromatic heterocycles. The van der Waals surface area contributed by atoms with Crippen molar-refractivity contribution in [3.05, 3.63) is 72.3 Å². The Kier molecular flexibility index (Phi) is 4.99. The zero-order chi connectivity index (χ0) is 20.4. The summed E-state index contributed by atoms with van der Waals surface area (Å²) >= 11 is 0. The van der Waals surface area contributed by atoms with Crippen molar-refractivity contribution in [3.8, 4) is 11.1 Å². The number of aromatic nitrogens is 3. The predicted octanol–water partition coefficient (Wildman–Crippen LogP) is 2.83. The largest absolute Gasteiger partial charge is 0.480 e. The Hall–Kier alpha value is -3.68. The molecule has 0 radical (unpaired) electrons. The van der Waals surface area contributed by atoms with Gasteiger partial charge in [0.25, 0.3) is 0 Å². The van der Waals surface area contributed by atoms with E-state index in [9.17, 15) is 14.7 Å². The Labute approximate surface area is 167 Å². The summed E-state index contributed by atoms with van der Waals surface area (Å²) in [6.07, 6.45) is 1.93. The summed E-state index contributed by atoms with van der Waals surface area (Å²) in [6, 6.07) is 14.2. The Morgan fingerprint density at radius 2 is 1.76 bits per heavy atom. The number of nitrogens with one attached hydrogen (secondary N) is 1. The summed E-state index contributed by atoms with van der Waals surface area (Å²) in [7, 11) is 0. The number of amides is 1. The first-order valence-electron chi connectivity index (χ1n) is 9.24. The van der Waals surface area contributed by atoms with Crippen LogP contribution in [0.25, 0.3) is 11.1 Å². The smallest absolute Gasteiger partial charge is 0.407 e. The molecule has 8 nitrogen and oxygen atoms in total. The van der Waals surface area contributed by atoms with Crippen molar-refractivity contribution in [2.24, 2.45) is 0 Å². The number of hydrogen-bond donors (Lipinski definition) is 2. The second-order valence-electron chi connectivity index (χ2n) is 6.90. The van der Waals surface area contributed by atoms with E-state index in [1.807, 2.05) is 36.4 Å². The predicted molar refractivity (Wildman–Crippen MR) is 104 cm³/mol. The maximum absolute atomic E-state index is 12.4. The SMILES string of the molecule is CC(C(NC(=O)OCC1c2ccccc2-c2ccccc21)C(=O)O)n1cncn1. The monoisotopic (exact) mass is 392 g/mol. The average molecular weight is 392 g/mol. The fourth-order valence-electron chi connectivity index (χ4n) is 3.74. The summed E-state index contributed by atoms with van der Waals surface area (Å²) in [6.45, 7) is 1.75. The van der Waals surface area contributed by atoms with Crippen molar-refractivity contribution in [3.63, 3.8) is 0 Å². The lowest BCUT2D eigenvalue weighted by Gasteiger charge is -2.22. The van der Waals surface area contributed by atoms with Crippen molar-refractivity contribution in [2.45, 2.75) is 24.9 Å². The third-order valence-corrected chi connectivity index (χ3v) is 5.22. The van der Waals surface area contributed by atoms with Gasteiger partial charge < -0.3 is 15.2 Å². The van der Waals surface area contributed by atoms with E-state index in [4.69, 9.17) is 4.74 Å². The number of aliphatic carboxylic acids is 1. The van der Waals surface area contributed by atoms with Crippen molar-refractivity contribution in [1.82, 2.24) is 20.1 Å². The third-order valence-electron chi connectivity index (χ3n) is 5.22. The highest BCUT2D eigenvalue weighted by Gasteiger charge is 2.31. The van der Waals surface area contributed by atoms with Crippen molar-refractivity contribution in [2.75, 3.05) is 6.61 Å². The van der Waals surface area contributed by atoms with E-state index >= 15 is 0 Å². The van der Waals surface area contributed by atoms with Crippen LogP contribution in [0.1, 0.15) is 30.0 Å². The van der Waals surface area contributed by atoms with E-state index < -0.39 is 24.1 Å². The van der Waals surface area contributed by atoms with Crippen LogP contribution in [0.15, 0.2) is 61.2 Å². The van der Waals surface area contributed by atoms with Crippen molar-refractivity contribution < 1.29 is 19.4 Å². The average Bonchev–Trinajstić information content (AvgIpc) is 3.37. The minimum atomic E-state index is -1.20. The number of fused-ring (bicyclic) bond motifs is 3. The molecule has 2 N–H and O–H groups in total. The Morgan fingerprint density at radius 1 is 1.14 bits per heavy atom. The van der Waals surface area contributed by atoms with E-state index in [1.54, 1.807) is 6.92 Å². The van der Waals surface area contributed by atoms with Gasteiger partial charge in [-0.1, -0.05) is 48.5 Å². The lowest BCUT2D eigenvalue weighted by molar-refractivity contribution is -0.140.